The SMILES string of the molecule is CCCOC(=O)c1ccccc1P(=CCl)(c1ccccc1)c1ccccc1. The van der Waals surface area contributed by atoms with Crippen molar-refractivity contribution in [1.29, 1.82) is 0 Å². The minimum absolute atomic E-state index is 0.304. The van der Waals surface area contributed by atoms with Gasteiger partial charge >= 0.3 is 5.97 Å². The van der Waals surface area contributed by atoms with Crippen LogP contribution in [0.3, 0.4) is 0 Å². The Bertz CT molecular complexity index is 909. The number of hydrogen-bond acceptors (Lipinski definition) is 2. The second-order valence-corrected chi connectivity index (χ2v) is 9.89. The van der Waals surface area contributed by atoms with Gasteiger partial charge in [-0.1, -0.05) is 97.4 Å². The molecule has 0 aliphatic rings. The number of hydrogen-bond donors (Lipinski definition) is 0. The van der Waals surface area contributed by atoms with E-state index in [4.69, 9.17) is 16.3 Å². The van der Waals surface area contributed by atoms with Gasteiger partial charge in [-0.05, 0) is 35.3 Å². The summed E-state index contributed by atoms with van der Waals surface area (Å²) in [5.74, 6) is -0.304. The first-order valence-corrected chi connectivity index (χ1v) is 11.2. The second kappa shape index (κ2) is 9.08. The second-order valence-electron chi connectivity index (χ2n) is 6.14. The van der Waals surface area contributed by atoms with E-state index in [1.165, 1.54) is 0 Å². The summed E-state index contributed by atoms with van der Waals surface area (Å²) in [6.45, 7) is 0.0676. The molecule has 2 nitrogen and oxygen atoms in total. The van der Waals surface area contributed by atoms with Gasteiger partial charge in [0, 0.05) is 5.26 Å². The molecule has 0 heterocycles. The van der Waals surface area contributed by atoms with Gasteiger partial charge in [-0.15, -0.1) is 0 Å². The van der Waals surface area contributed by atoms with E-state index in [1.54, 1.807) is 5.26 Å². The highest BCUT2D eigenvalue weighted by Crippen LogP contribution is 2.45. The predicted molar refractivity (Wildman–Crippen MR) is 118 cm³/mol. The molecule has 0 fully saturated rings. The third-order valence-corrected chi connectivity index (χ3v) is 8.96. The molecule has 0 saturated carbocycles. The average molecular weight is 397 g/mol. The molecule has 0 N–H and O–H groups in total. The molecule has 0 amide bonds. The van der Waals surface area contributed by atoms with Crippen LogP contribution in [-0.2, 0) is 4.74 Å². The summed E-state index contributed by atoms with van der Waals surface area (Å²) < 4.78 is 5.45. The average Bonchev–Trinajstić information content (AvgIpc) is 2.75. The Hall–Kier alpha value is -2.28. The topological polar surface area (TPSA) is 26.3 Å². The van der Waals surface area contributed by atoms with Crippen molar-refractivity contribution in [3.05, 3.63) is 90.5 Å². The third kappa shape index (κ3) is 3.88. The highest BCUT2D eigenvalue weighted by molar-refractivity contribution is 7.96. The van der Waals surface area contributed by atoms with E-state index < -0.39 is 6.89 Å². The molecule has 0 aliphatic carbocycles. The number of ether oxygens (including phenoxy) is 1. The van der Waals surface area contributed by atoms with E-state index in [0.29, 0.717) is 12.2 Å². The molecule has 138 valence electrons. The Morgan fingerprint density at radius 2 is 1.41 bits per heavy atom. The van der Waals surface area contributed by atoms with Crippen LogP contribution in [0.25, 0.3) is 0 Å². The van der Waals surface area contributed by atoms with Crippen molar-refractivity contribution >= 4 is 45.6 Å². The quantitative estimate of drug-likeness (QED) is 0.451. The summed E-state index contributed by atoms with van der Waals surface area (Å²) in [7, 11) is 0. The Labute approximate surface area is 165 Å². The van der Waals surface area contributed by atoms with Gasteiger partial charge < -0.3 is 4.74 Å². The normalized spacial score (nSPS) is 11.0. The van der Waals surface area contributed by atoms with E-state index in [1.807, 2.05) is 67.6 Å². The number of carbonyl (C=O) groups excluding carboxylic acids is 1. The zero-order valence-corrected chi connectivity index (χ0v) is 16.9. The standard InChI is InChI=1S/C23H22ClO2P/c1-2-17-26-23(25)21-15-9-10-16-22(21)27(18-24,19-11-5-3-6-12-19)20-13-7-4-8-14-20/h3-16,18H,2,17H2,1H3. The Morgan fingerprint density at radius 3 is 1.93 bits per heavy atom. The minimum atomic E-state index is -2.32. The lowest BCUT2D eigenvalue weighted by Gasteiger charge is -2.29. The fraction of sp³-hybridized carbons (Fsp3) is 0.130. The van der Waals surface area contributed by atoms with Crippen LogP contribution in [0.2, 0.25) is 0 Å². The van der Waals surface area contributed by atoms with E-state index in [0.717, 1.165) is 22.3 Å². The van der Waals surface area contributed by atoms with E-state index in [-0.39, 0.29) is 5.97 Å². The lowest BCUT2D eigenvalue weighted by atomic mass is 10.2. The van der Waals surface area contributed by atoms with Crippen LogP contribution >= 0.6 is 18.5 Å². The Kier molecular flexibility index (Phi) is 6.55. The largest absolute Gasteiger partial charge is 0.462 e. The molecule has 3 aromatic carbocycles. The molecule has 0 aliphatic heterocycles. The molecular formula is C23H22ClO2P. The minimum Gasteiger partial charge on any atom is -0.462 e. The first-order chi connectivity index (χ1) is 13.2. The number of carbonyl (C=O) groups is 1. The molecular weight excluding hydrogens is 375 g/mol. The van der Waals surface area contributed by atoms with Crippen LogP contribution < -0.4 is 15.9 Å². The number of rotatable bonds is 6. The van der Waals surface area contributed by atoms with Crippen LogP contribution in [0, 0.1) is 0 Å². The summed E-state index contributed by atoms with van der Waals surface area (Å²) in [5, 5.41) is 4.87. The fourth-order valence-electron chi connectivity index (χ4n) is 3.15. The van der Waals surface area contributed by atoms with Crippen molar-refractivity contribution in [2.45, 2.75) is 13.3 Å². The van der Waals surface area contributed by atoms with Crippen molar-refractivity contribution in [3.63, 3.8) is 0 Å². The maximum Gasteiger partial charge on any atom is 0.338 e. The highest BCUT2D eigenvalue weighted by atomic mass is 35.5. The van der Waals surface area contributed by atoms with Crippen LogP contribution in [0.15, 0.2) is 84.9 Å². The molecule has 0 aromatic heterocycles. The number of esters is 1. The van der Waals surface area contributed by atoms with E-state index in [2.05, 4.69) is 24.3 Å². The molecule has 0 saturated heterocycles. The van der Waals surface area contributed by atoms with Gasteiger partial charge in [-0.3, -0.25) is 0 Å². The lowest BCUT2D eigenvalue weighted by molar-refractivity contribution is 0.0507. The van der Waals surface area contributed by atoms with Gasteiger partial charge in [0.05, 0.1) is 12.2 Å². The van der Waals surface area contributed by atoms with Gasteiger partial charge in [0.2, 0.25) is 0 Å². The van der Waals surface area contributed by atoms with Crippen LogP contribution in [0.1, 0.15) is 23.7 Å². The summed E-state index contributed by atoms with van der Waals surface area (Å²) >= 11 is 6.58. The number of halogens is 1. The summed E-state index contributed by atoms with van der Waals surface area (Å²) in [6, 6.07) is 27.9. The molecule has 3 rings (SSSR count). The third-order valence-electron chi connectivity index (χ3n) is 4.41. The van der Waals surface area contributed by atoms with Crippen LogP contribution in [0.5, 0.6) is 0 Å². The van der Waals surface area contributed by atoms with Gasteiger partial charge in [-0.25, -0.2) is 4.79 Å². The molecule has 0 atom stereocenters. The fourth-order valence-corrected chi connectivity index (χ4v) is 7.47. The molecule has 0 spiro atoms. The zero-order valence-electron chi connectivity index (χ0n) is 15.2. The molecule has 0 bridgehead atoms. The lowest BCUT2D eigenvalue weighted by Crippen LogP contribution is -2.30. The van der Waals surface area contributed by atoms with Gasteiger partial charge in [0.25, 0.3) is 0 Å². The van der Waals surface area contributed by atoms with E-state index in [9.17, 15) is 4.79 Å². The monoisotopic (exact) mass is 396 g/mol. The highest BCUT2D eigenvalue weighted by Gasteiger charge is 2.29. The molecule has 4 heteroatoms. The van der Waals surface area contributed by atoms with Gasteiger partial charge in [-0.2, -0.15) is 0 Å². The first-order valence-electron chi connectivity index (χ1n) is 8.95. The molecule has 27 heavy (non-hydrogen) atoms. The zero-order chi connectivity index (χ0) is 19.1. The van der Waals surface area contributed by atoms with Gasteiger partial charge in [0.15, 0.2) is 0 Å². The smallest absolute Gasteiger partial charge is 0.338 e. The van der Waals surface area contributed by atoms with Crippen molar-refractivity contribution in [3.8, 4) is 0 Å². The maximum absolute atomic E-state index is 12.8. The van der Waals surface area contributed by atoms with E-state index >= 15 is 0 Å². The van der Waals surface area contributed by atoms with Crippen molar-refractivity contribution in [2.75, 3.05) is 6.61 Å². The van der Waals surface area contributed by atoms with Crippen molar-refractivity contribution < 1.29 is 9.53 Å². The molecule has 0 radical (unpaired) electrons. The Balaban J connectivity index is 2.30. The van der Waals surface area contributed by atoms with Crippen LogP contribution in [0.4, 0.5) is 0 Å². The Morgan fingerprint density at radius 1 is 0.889 bits per heavy atom. The van der Waals surface area contributed by atoms with Crippen molar-refractivity contribution in [2.24, 2.45) is 0 Å². The molecule has 3 aromatic rings. The summed E-state index contributed by atoms with van der Waals surface area (Å²) in [6.07, 6.45) is 0.785. The first kappa shape index (κ1) is 19.5. The maximum atomic E-state index is 12.8. The summed E-state index contributed by atoms with van der Waals surface area (Å²) in [4.78, 5) is 12.8. The van der Waals surface area contributed by atoms with Crippen molar-refractivity contribution in [1.82, 2.24) is 0 Å². The molecule has 0 unspecified atom stereocenters. The predicted octanol–water partition coefficient (Wildman–Crippen LogP) is 4.55. The number of benzene rings is 3. The van der Waals surface area contributed by atoms with Gasteiger partial charge in [0.1, 0.15) is 0 Å². The summed E-state index contributed by atoms with van der Waals surface area (Å²) in [5.41, 5.74) is 0.573. The van der Waals surface area contributed by atoms with Crippen LogP contribution in [-0.4, -0.2) is 17.8 Å².